The van der Waals surface area contributed by atoms with Crippen molar-refractivity contribution in [1.29, 1.82) is 0 Å². The van der Waals surface area contributed by atoms with Crippen molar-refractivity contribution in [2.45, 2.75) is 0 Å². The molecule has 7 nitrogen and oxygen atoms in total. The fraction of sp³-hybridized carbons (Fsp3) is 0. The second-order valence-electron chi connectivity index (χ2n) is 5.69. The zero-order chi connectivity index (χ0) is 18.6. The molecule has 0 radical (unpaired) electrons. The zero-order valence-corrected chi connectivity index (χ0v) is 14.1. The number of para-hydroxylation sites is 1. The first-order valence-electron chi connectivity index (χ1n) is 8.14. The third-order valence-electron chi connectivity index (χ3n) is 3.85. The van der Waals surface area contributed by atoms with E-state index in [-0.39, 0.29) is 5.69 Å². The van der Waals surface area contributed by atoms with E-state index in [9.17, 15) is 4.79 Å². The first-order valence-corrected chi connectivity index (χ1v) is 8.14. The van der Waals surface area contributed by atoms with Crippen LogP contribution in [0.5, 0.6) is 11.5 Å². The summed E-state index contributed by atoms with van der Waals surface area (Å²) in [6.45, 7) is 0. The topological polar surface area (TPSA) is 90.1 Å². The summed E-state index contributed by atoms with van der Waals surface area (Å²) < 4.78 is 7.29. The molecule has 1 N–H and O–H groups in total. The van der Waals surface area contributed by atoms with E-state index in [2.05, 4.69) is 15.3 Å². The van der Waals surface area contributed by atoms with Gasteiger partial charge in [-0.05, 0) is 48.5 Å². The van der Waals surface area contributed by atoms with Crippen LogP contribution in [-0.2, 0) is 0 Å². The number of carboxylic acids is 1. The number of rotatable bonds is 5. The van der Waals surface area contributed by atoms with E-state index in [1.54, 1.807) is 12.3 Å². The Morgan fingerprint density at radius 3 is 2.44 bits per heavy atom. The summed E-state index contributed by atoms with van der Waals surface area (Å²) >= 11 is 0. The highest BCUT2D eigenvalue weighted by Gasteiger charge is 2.09. The molecule has 27 heavy (non-hydrogen) atoms. The first kappa shape index (κ1) is 16.5. The molecule has 4 aromatic rings. The number of pyridine rings is 1. The maximum Gasteiger partial charge on any atom is 0.354 e. The highest BCUT2D eigenvalue weighted by molar-refractivity contribution is 5.85. The fourth-order valence-corrected chi connectivity index (χ4v) is 2.52. The minimum Gasteiger partial charge on any atom is -0.477 e. The average Bonchev–Trinajstić information content (AvgIpc) is 3.20. The molecule has 0 aliphatic heterocycles. The van der Waals surface area contributed by atoms with Gasteiger partial charge in [-0.1, -0.05) is 23.4 Å². The lowest BCUT2D eigenvalue weighted by Gasteiger charge is -2.05. The van der Waals surface area contributed by atoms with Gasteiger partial charge < -0.3 is 9.84 Å². The number of hydrogen-bond donors (Lipinski definition) is 1. The van der Waals surface area contributed by atoms with Gasteiger partial charge in [0, 0.05) is 11.8 Å². The van der Waals surface area contributed by atoms with Crippen LogP contribution in [0.15, 0.2) is 79.1 Å². The van der Waals surface area contributed by atoms with Gasteiger partial charge in [-0.25, -0.2) is 14.5 Å². The van der Waals surface area contributed by atoms with Gasteiger partial charge in [-0.15, -0.1) is 5.10 Å². The van der Waals surface area contributed by atoms with Gasteiger partial charge in [-0.3, -0.25) is 0 Å². The van der Waals surface area contributed by atoms with Crippen molar-refractivity contribution in [3.63, 3.8) is 0 Å². The monoisotopic (exact) mass is 358 g/mol. The maximum absolute atomic E-state index is 11.1. The van der Waals surface area contributed by atoms with Gasteiger partial charge in [0.05, 0.1) is 11.9 Å². The van der Waals surface area contributed by atoms with E-state index in [1.807, 2.05) is 54.6 Å². The van der Waals surface area contributed by atoms with Crippen LogP contribution in [-0.4, -0.2) is 31.1 Å². The Hall–Kier alpha value is -4.00. The Kier molecular flexibility index (Phi) is 4.32. The van der Waals surface area contributed by atoms with Crippen LogP contribution < -0.4 is 4.74 Å². The van der Waals surface area contributed by atoms with Crippen molar-refractivity contribution < 1.29 is 14.6 Å². The molecular formula is C20H14N4O3. The summed E-state index contributed by atoms with van der Waals surface area (Å²) in [5, 5.41) is 17.3. The van der Waals surface area contributed by atoms with Crippen LogP contribution in [0.2, 0.25) is 0 Å². The molecule has 0 atom stereocenters. The Morgan fingerprint density at radius 1 is 0.963 bits per heavy atom. The molecule has 0 aliphatic rings. The normalized spacial score (nSPS) is 10.5. The number of hydrogen-bond acceptors (Lipinski definition) is 5. The number of carboxylic acid groups (broad SMARTS) is 1. The van der Waals surface area contributed by atoms with E-state index < -0.39 is 5.97 Å². The van der Waals surface area contributed by atoms with Crippen molar-refractivity contribution in [3.05, 3.63) is 84.8 Å². The molecule has 0 amide bonds. The molecule has 132 valence electrons. The summed E-state index contributed by atoms with van der Waals surface area (Å²) in [5.74, 6) is 0.395. The minimum absolute atomic E-state index is 0.0491. The van der Waals surface area contributed by atoms with Crippen LogP contribution in [0.1, 0.15) is 10.5 Å². The molecule has 0 saturated heterocycles. The summed E-state index contributed by atoms with van der Waals surface area (Å²) in [6, 6.07) is 20.1. The number of carbonyl (C=O) groups is 1. The Labute approximate surface area is 154 Å². The van der Waals surface area contributed by atoms with Crippen LogP contribution in [0, 0.1) is 0 Å². The number of nitrogens with zero attached hydrogens (tertiary/aromatic N) is 4. The molecular weight excluding hydrogens is 344 g/mol. The second-order valence-corrected chi connectivity index (χ2v) is 5.69. The van der Waals surface area contributed by atoms with Crippen LogP contribution in [0.4, 0.5) is 0 Å². The van der Waals surface area contributed by atoms with Crippen LogP contribution >= 0.6 is 0 Å². The molecule has 0 fully saturated rings. The summed E-state index contributed by atoms with van der Waals surface area (Å²) in [5.41, 5.74) is 2.06. The van der Waals surface area contributed by atoms with E-state index in [0.29, 0.717) is 11.4 Å². The molecule has 0 spiro atoms. The predicted molar refractivity (Wildman–Crippen MR) is 98.1 cm³/mol. The van der Waals surface area contributed by atoms with Crippen LogP contribution in [0.25, 0.3) is 16.9 Å². The SMILES string of the molecule is O=C(O)c1cc(-n2cc(-c3ccc(Oc4ccccc4)cc3)nn2)ccn1. The van der Waals surface area contributed by atoms with E-state index in [0.717, 1.165) is 17.1 Å². The number of aromatic nitrogens is 4. The lowest BCUT2D eigenvalue weighted by molar-refractivity contribution is 0.0690. The Morgan fingerprint density at radius 2 is 1.70 bits per heavy atom. The standard InChI is InChI=1S/C20H14N4O3/c25-20(26)18-12-15(10-11-21-18)24-13-19(22-23-24)14-6-8-17(9-7-14)27-16-4-2-1-3-5-16/h1-13H,(H,25,26). The molecule has 0 bridgehead atoms. The lowest BCUT2D eigenvalue weighted by Crippen LogP contribution is -2.03. The average molecular weight is 358 g/mol. The summed E-state index contributed by atoms with van der Waals surface area (Å²) in [4.78, 5) is 14.9. The largest absolute Gasteiger partial charge is 0.477 e. The molecule has 2 aromatic heterocycles. The highest BCUT2D eigenvalue weighted by Crippen LogP contribution is 2.25. The Bertz CT molecular complexity index is 1080. The van der Waals surface area contributed by atoms with Gasteiger partial charge in [0.1, 0.15) is 22.9 Å². The minimum atomic E-state index is -1.09. The van der Waals surface area contributed by atoms with E-state index in [4.69, 9.17) is 9.84 Å². The first-order chi connectivity index (χ1) is 13.2. The molecule has 2 aromatic carbocycles. The van der Waals surface area contributed by atoms with Gasteiger partial charge >= 0.3 is 5.97 Å². The number of ether oxygens (including phenoxy) is 1. The van der Waals surface area contributed by atoms with Crippen molar-refractivity contribution in [2.75, 3.05) is 0 Å². The fourth-order valence-electron chi connectivity index (χ4n) is 2.52. The van der Waals surface area contributed by atoms with E-state index in [1.165, 1.54) is 16.9 Å². The van der Waals surface area contributed by atoms with Crippen molar-refractivity contribution in [1.82, 2.24) is 20.0 Å². The predicted octanol–water partition coefficient (Wildman–Crippen LogP) is 3.82. The van der Waals surface area contributed by atoms with Crippen LogP contribution in [0.3, 0.4) is 0 Å². The number of benzene rings is 2. The molecule has 4 rings (SSSR count). The van der Waals surface area contributed by atoms with Gasteiger partial charge in [0.2, 0.25) is 0 Å². The lowest BCUT2D eigenvalue weighted by atomic mass is 10.1. The molecule has 0 aliphatic carbocycles. The second kappa shape index (κ2) is 7.09. The third-order valence-corrected chi connectivity index (χ3v) is 3.85. The summed E-state index contributed by atoms with van der Waals surface area (Å²) in [7, 11) is 0. The third kappa shape index (κ3) is 3.67. The van der Waals surface area contributed by atoms with Gasteiger partial charge in [0.15, 0.2) is 0 Å². The molecule has 2 heterocycles. The van der Waals surface area contributed by atoms with Crippen molar-refractivity contribution in [2.24, 2.45) is 0 Å². The highest BCUT2D eigenvalue weighted by atomic mass is 16.5. The van der Waals surface area contributed by atoms with Crippen molar-refractivity contribution >= 4 is 5.97 Å². The smallest absolute Gasteiger partial charge is 0.354 e. The quantitative estimate of drug-likeness (QED) is 0.583. The van der Waals surface area contributed by atoms with Gasteiger partial charge in [-0.2, -0.15) is 0 Å². The molecule has 0 unspecified atom stereocenters. The summed E-state index contributed by atoms with van der Waals surface area (Å²) in [6.07, 6.45) is 3.16. The maximum atomic E-state index is 11.1. The number of aromatic carboxylic acids is 1. The van der Waals surface area contributed by atoms with Crippen molar-refractivity contribution in [3.8, 4) is 28.4 Å². The van der Waals surface area contributed by atoms with E-state index >= 15 is 0 Å². The zero-order valence-electron chi connectivity index (χ0n) is 14.1. The Balaban J connectivity index is 1.55. The van der Waals surface area contributed by atoms with Gasteiger partial charge in [0.25, 0.3) is 0 Å². The molecule has 0 saturated carbocycles. The molecule has 7 heteroatoms.